The lowest BCUT2D eigenvalue weighted by atomic mass is 10.1. The van der Waals surface area contributed by atoms with Crippen LogP contribution in [0.25, 0.3) is 0 Å². The third kappa shape index (κ3) is 5.25. The molecule has 1 fully saturated rings. The summed E-state index contributed by atoms with van der Waals surface area (Å²) < 4.78 is 0. The van der Waals surface area contributed by atoms with Crippen molar-refractivity contribution >= 4 is 5.82 Å². The summed E-state index contributed by atoms with van der Waals surface area (Å²) in [5.41, 5.74) is 1.11. The van der Waals surface area contributed by atoms with E-state index in [2.05, 4.69) is 47.8 Å². The van der Waals surface area contributed by atoms with Crippen LogP contribution < -0.4 is 10.2 Å². The van der Waals surface area contributed by atoms with E-state index in [0.717, 1.165) is 44.2 Å². The van der Waals surface area contributed by atoms with Crippen LogP contribution in [0.5, 0.6) is 0 Å². The molecule has 1 aliphatic heterocycles. The summed E-state index contributed by atoms with van der Waals surface area (Å²) in [6, 6.07) is 0. The molecule has 0 radical (unpaired) electrons. The fourth-order valence-electron chi connectivity index (χ4n) is 2.50. The van der Waals surface area contributed by atoms with Crippen molar-refractivity contribution in [1.82, 2.24) is 20.2 Å². The lowest BCUT2D eigenvalue weighted by Gasteiger charge is -2.35. The Bertz CT molecular complexity index is 433. The molecular weight excluding hydrogens is 262 g/mol. The average molecular weight is 291 g/mol. The first kappa shape index (κ1) is 16.2. The van der Waals surface area contributed by atoms with Gasteiger partial charge in [0, 0.05) is 44.5 Å². The maximum atomic E-state index is 4.75. The van der Waals surface area contributed by atoms with Gasteiger partial charge in [0.25, 0.3) is 0 Å². The largest absolute Gasteiger partial charge is 0.353 e. The Morgan fingerprint density at radius 1 is 1.14 bits per heavy atom. The van der Waals surface area contributed by atoms with Gasteiger partial charge in [0.1, 0.15) is 5.82 Å². The molecule has 0 amide bonds. The van der Waals surface area contributed by atoms with E-state index in [4.69, 9.17) is 4.98 Å². The summed E-state index contributed by atoms with van der Waals surface area (Å²) >= 11 is 0. The molecule has 2 rings (SSSR count). The predicted octanol–water partition coefficient (Wildman–Crippen LogP) is 1.90. The number of rotatable bonds is 5. The van der Waals surface area contributed by atoms with Crippen LogP contribution in [-0.4, -0.2) is 53.1 Å². The molecule has 21 heavy (non-hydrogen) atoms. The Kier molecular flexibility index (Phi) is 5.53. The summed E-state index contributed by atoms with van der Waals surface area (Å²) in [5, 5.41) is 3.46. The topological polar surface area (TPSA) is 44.3 Å². The lowest BCUT2D eigenvalue weighted by molar-refractivity contribution is 0.258. The van der Waals surface area contributed by atoms with Gasteiger partial charge in [-0.15, -0.1) is 0 Å². The molecule has 0 atom stereocenters. The third-order valence-electron chi connectivity index (χ3n) is 3.71. The first-order valence-corrected chi connectivity index (χ1v) is 8.01. The molecular formula is C16H29N5. The lowest BCUT2D eigenvalue weighted by Crippen LogP contribution is -2.47. The van der Waals surface area contributed by atoms with Crippen molar-refractivity contribution < 1.29 is 0 Å². The molecule has 0 spiro atoms. The molecule has 0 unspecified atom stereocenters. The summed E-state index contributed by atoms with van der Waals surface area (Å²) in [4.78, 5) is 14.0. The highest BCUT2D eigenvalue weighted by Gasteiger charge is 2.18. The van der Waals surface area contributed by atoms with Gasteiger partial charge in [-0.25, -0.2) is 4.98 Å². The van der Waals surface area contributed by atoms with Crippen LogP contribution in [0.2, 0.25) is 0 Å². The Labute approximate surface area is 128 Å². The van der Waals surface area contributed by atoms with Crippen LogP contribution in [-0.2, 0) is 6.54 Å². The zero-order valence-electron chi connectivity index (χ0n) is 13.9. The van der Waals surface area contributed by atoms with Gasteiger partial charge in [-0.1, -0.05) is 6.92 Å². The number of anilines is 1. The van der Waals surface area contributed by atoms with Crippen LogP contribution >= 0.6 is 0 Å². The first-order valence-electron chi connectivity index (χ1n) is 8.01. The molecule has 1 aliphatic rings. The molecule has 1 N–H and O–H groups in total. The Balaban J connectivity index is 1.92. The predicted molar refractivity (Wildman–Crippen MR) is 87.6 cm³/mol. The smallest absolute Gasteiger partial charge is 0.147 e. The van der Waals surface area contributed by atoms with Gasteiger partial charge in [-0.05, 0) is 33.7 Å². The zero-order chi connectivity index (χ0) is 15.3. The minimum Gasteiger partial charge on any atom is -0.353 e. The minimum atomic E-state index is 0.101. The minimum absolute atomic E-state index is 0.101. The maximum Gasteiger partial charge on any atom is 0.147 e. The highest BCUT2D eigenvalue weighted by Crippen LogP contribution is 2.13. The molecule has 118 valence electrons. The van der Waals surface area contributed by atoms with Gasteiger partial charge >= 0.3 is 0 Å². The van der Waals surface area contributed by atoms with Gasteiger partial charge in [0.15, 0.2) is 0 Å². The fourth-order valence-corrected chi connectivity index (χ4v) is 2.50. The van der Waals surface area contributed by atoms with Crippen molar-refractivity contribution in [3.8, 4) is 0 Å². The molecule has 1 saturated heterocycles. The normalized spacial score (nSPS) is 17.2. The number of hydrogen-bond acceptors (Lipinski definition) is 5. The van der Waals surface area contributed by atoms with Crippen LogP contribution in [0.15, 0.2) is 12.4 Å². The highest BCUT2D eigenvalue weighted by atomic mass is 15.3. The molecule has 5 nitrogen and oxygen atoms in total. The van der Waals surface area contributed by atoms with E-state index in [1.54, 1.807) is 0 Å². The Morgan fingerprint density at radius 2 is 1.86 bits per heavy atom. The number of aromatic nitrogens is 2. The summed E-state index contributed by atoms with van der Waals surface area (Å²) in [5.74, 6) is 1.01. The number of nitrogens with zero attached hydrogens (tertiary/aromatic N) is 4. The van der Waals surface area contributed by atoms with E-state index >= 15 is 0 Å². The van der Waals surface area contributed by atoms with Gasteiger partial charge in [0.05, 0.1) is 11.9 Å². The standard InChI is InChI=1S/C16H29N5/c1-5-6-20-7-9-21(10-8-20)15-13-17-11-14(19-15)12-18-16(2,3)4/h11,13,18H,5-10,12H2,1-4H3. The van der Waals surface area contributed by atoms with E-state index in [1.165, 1.54) is 13.0 Å². The summed E-state index contributed by atoms with van der Waals surface area (Å²) in [6.07, 6.45) is 4.97. The van der Waals surface area contributed by atoms with Gasteiger partial charge in [-0.3, -0.25) is 9.88 Å². The van der Waals surface area contributed by atoms with Gasteiger partial charge in [-0.2, -0.15) is 0 Å². The zero-order valence-corrected chi connectivity index (χ0v) is 13.9. The van der Waals surface area contributed by atoms with Gasteiger partial charge < -0.3 is 10.2 Å². The van der Waals surface area contributed by atoms with Gasteiger partial charge in [0.2, 0.25) is 0 Å². The van der Waals surface area contributed by atoms with Crippen molar-refractivity contribution in [3.63, 3.8) is 0 Å². The molecule has 1 aromatic rings. The fraction of sp³-hybridized carbons (Fsp3) is 0.750. The summed E-state index contributed by atoms with van der Waals surface area (Å²) in [6.45, 7) is 15.0. The third-order valence-corrected chi connectivity index (χ3v) is 3.71. The van der Waals surface area contributed by atoms with E-state index in [1.807, 2.05) is 12.4 Å². The van der Waals surface area contributed by atoms with Crippen LogP contribution in [0, 0.1) is 0 Å². The van der Waals surface area contributed by atoms with E-state index in [9.17, 15) is 0 Å². The molecule has 2 heterocycles. The molecule has 0 aromatic carbocycles. The molecule has 5 heteroatoms. The molecule has 1 aromatic heterocycles. The van der Waals surface area contributed by atoms with Crippen molar-refractivity contribution in [2.45, 2.75) is 46.2 Å². The summed E-state index contributed by atoms with van der Waals surface area (Å²) in [7, 11) is 0. The SMILES string of the molecule is CCCN1CCN(c2cncc(CNC(C)(C)C)n2)CC1. The van der Waals surface area contributed by atoms with Crippen LogP contribution in [0.1, 0.15) is 39.8 Å². The number of nitrogens with one attached hydrogen (secondary N) is 1. The van der Waals surface area contributed by atoms with Crippen LogP contribution in [0.4, 0.5) is 5.82 Å². The Morgan fingerprint density at radius 3 is 2.48 bits per heavy atom. The van der Waals surface area contributed by atoms with Crippen molar-refractivity contribution in [3.05, 3.63) is 18.1 Å². The van der Waals surface area contributed by atoms with Crippen molar-refractivity contribution in [2.75, 3.05) is 37.6 Å². The second kappa shape index (κ2) is 7.18. The maximum absolute atomic E-state index is 4.75. The van der Waals surface area contributed by atoms with E-state index < -0.39 is 0 Å². The van der Waals surface area contributed by atoms with Crippen molar-refractivity contribution in [1.29, 1.82) is 0 Å². The number of piperazine rings is 1. The second-order valence-electron chi connectivity index (χ2n) is 6.80. The van der Waals surface area contributed by atoms with Crippen LogP contribution in [0.3, 0.4) is 0 Å². The second-order valence-corrected chi connectivity index (χ2v) is 6.80. The quantitative estimate of drug-likeness (QED) is 0.897. The molecule has 0 saturated carbocycles. The van der Waals surface area contributed by atoms with Crippen molar-refractivity contribution in [2.24, 2.45) is 0 Å². The average Bonchev–Trinajstić information content (AvgIpc) is 2.46. The number of hydrogen-bond donors (Lipinski definition) is 1. The monoisotopic (exact) mass is 291 g/mol. The molecule has 0 bridgehead atoms. The highest BCUT2D eigenvalue weighted by molar-refractivity contribution is 5.37. The Hall–Kier alpha value is -1.20. The van der Waals surface area contributed by atoms with E-state index in [0.29, 0.717) is 0 Å². The van der Waals surface area contributed by atoms with E-state index in [-0.39, 0.29) is 5.54 Å². The molecule has 0 aliphatic carbocycles. The first-order chi connectivity index (χ1) is 9.98.